The zero-order valence-electron chi connectivity index (χ0n) is 19.1. The molecule has 0 aliphatic rings. The Morgan fingerprint density at radius 2 is 1.85 bits per heavy atom. The number of benzene rings is 1. The highest BCUT2D eigenvalue weighted by molar-refractivity contribution is 7.99. The summed E-state index contributed by atoms with van der Waals surface area (Å²) in [5.74, 6) is -4.44. The maximum absolute atomic E-state index is 13.3. The van der Waals surface area contributed by atoms with Gasteiger partial charge in [-0.05, 0) is 28.3 Å². The van der Waals surface area contributed by atoms with Crippen LogP contribution in [0.5, 0.6) is 0 Å². The van der Waals surface area contributed by atoms with Crippen molar-refractivity contribution < 1.29 is 24.6 Å². The molecule has 1 aromatic carbocycles. The summed E-state index contributed by atoms with van der Waals surface area (Å²) in [6.07, 6.45) is 0.309. The van der Waals surface area contributed by atoms with E-state index in [9.17, 15) is 24.6 Å². The number of nitrogens with one attached hydrogen (secondary N) is 2. The van der Waals surface area contributed by atoms with E-state index < -0.39 is 35.3 Å². The molecule has 0 aliphatic heterocycles. The summed E-state index contributed by atoms with van der Waals surface area (Å²) in [5, 5.41) is 37.5. The third-order valence-corrected chi connectivity index (χ3v) is 6.32. The number of tetrazole rings is 1. The summed E-state index contributed by atoms with van der Waals surface area (Å²) in [4.78, 5) is 38.0. The maximum Gasteiger partial charge on any atom is 0.337 e. The summed E-state index contributed by atoms with van der Waals surface area (Å²) in [6.45, 7) is 3.64. The van der Waals surface area contributed by atoms with Crippen LogP contribution in [0.1, 0.15) is 25.8 Å². The SMILES string of the molecule is CNC(=O)[C@H](Cc1ccccc1)NC(=O)[C@H](CC(C)C)[C@](O)(CSc1nnnn1C)C(=O)O. The number of aliphatic carboxylic acids is 1. The summed E-state index contributed by atoms with van der Waals surface area (Å²) >= 11 is 0.931. The molecule has 11 nitrogen and oxygen atoms in total. The lowest BCUT2D eigenvalue weighted by atomic mass is 9.81. The van der Waals surface area contributed by atoms with Gasteiger partial charge in [-0.1, -0.05) is 55.9 Å². The van der Waals surface area contributed by atoms with Crippen molar-refractivity contribution in [2.45, 2.75) is 43.5 Å². The van der Waals surface area contributed by atoms with Gasteiger partial charge in [-0.25, -0.2) is 9.48 Å². The first-order valence-corrected chi connectivity index (χ1v) is 11.4. The van der Waals surface area contributed by atoms with E-state index in [1.165, 1.54) is 11.7 Å². The molecule has 0 saturated carbocycles. The Labute approximate surface area is 196 Å². The van der Waals surface area contributed by atoms with Crippen LogP contribution in [0.25, 0.3) is 0 Å². The van der Waals surface area contributed by atoms with Crippen LogP contribution < -0.4 is 10.6 Å². The number of thioether (sulfide) groups is 1. The predicted molar refractivity (Wildman–Crippen MR) is 121 cm³/mol. The number of aliphatic hydroxyl groups is 1. The number of aryl methyl sites for hydroxylation is 1. The minimum atomic E-state index is -2.41. The van der Waals surface area contributed by atoms with Gasteiger partial charge >= 0.3 is 5.97 Å². The number of rotatable bonds is 12. The third kappa shape index (κ3) is 6.99. The topological polar surface area (TPSA) is 159 Å². The van der Waals surface area contributed by atoms with Gasteiger partial charge in [0.1, 0.15) is 6.04 Å². The Balaban J connectivity index is 2.29. The molecular weight excluding hydrogens is 448 g/mol. The average molecular weight is 479 g/mol. The average Bonchev–Trinajstić information content (AvgIpc) is 3.19. The fraction of sp³-hybridized carbons (Fsp3) is 0.524. The molecular formula is C21H30N6O5S. The second-order valence-electron chi connectivity index (χ2n) is 8.15. The van der Waals surface area contributed by atoms with Crippen LogP contribution in [0.15, 0.2) is 35.5 Å². The molecule has 3 atom stereocenters. The van der Waals surface area contributed by atoms with Gasteiger partial charge in [0.05, 0.1) is 5.92 Å². The van der Waals surface area contributed by atoms with Crippen LogP contribution in [0, 0.1) is 11.8 Å². The van der Waals surface area contributed by atoms with Gasteiger partial charge in [-0.15, -0.1) is 5.10 Å². The Bertz CT molecular complexity index is 954. The summed E-state index contributed by atoms with van der Waals surface area (Å²) in [6, 6.07) is 8.20. The van der Waals surface area contributed by atoms with Crippen LogP contribution >= 0.6 is 11.8 Å². The molecule has 1 heterocycles. The molecule has 180 valence electrons. The number of nitrogens with zero attached hydrogens (tertiary/aromatic N) is 4. The number of amides is 2. The lowest BCUT2D eigenvalue weighted by Gasteiger charge is -2.33. The molecule has 12 heteroatoms. The number of likely N-dealkylation sites (N-methyl/N-ethyl adjacent to an activating group) is 1. The Hall–Kier alpha value is -2.99. The van der Waals surface area contributed by atoms with Gasteiger partial charge in [-0.3, -0.25) is 9.59 Å². The highest BCUT2D eigenvalue weighted by Gasteiger charge is 2.49. The van der Waals surface area contributed by atoms with E-state index in [0.29, 0.717) is 5.16 Å². The molecule has 0 aliphatic carbocycles. The fourth-order valence-electron chi connectivity index (χ4n) is 3.33. The predicted octanol–water partition coefficient (Wildman–Crippen LogP) is 0.254. The molecule has 2 amide bonds. The number of hydrogen-bond acceptors (Lipinski definition) is 8. The standard InChI is InChI=1S/C21H30N6O5S/c1-13(2)10-15(21(32,19(30)31)12-33-20-24-25-26-27(20)4)17(28)23-16(18(29)22-3)11-14-8-6-5-7-9-14/h5-9,13,15-16,32H,10-12H2,1-4H3,(H,22,29)(H,23,28)(H,30,31)/t15-,16-,21+/m0/s1. The number of aromatic nitrogens is 4. The summed E-state index contributed by atoms with van der Waals surface area (Å²) in [5.41, 5.74) is -1.59. The molecule has 1 aromatic heterocycles. The normalized spacial score (nSPS) is 14.8. The molecule has 0 bridgehead atoms. The number of carboxylic acids is 1. The number of carbonyl (C=O) groups excluding carboxylic acids is 2. The molecule has 33 heavy (non-hydrogen) atoms. The van der Waals surface area contributed by atoms with Crippen LogP contribution in [0.2, 0.25) is 0 Å². The van der Waals surface area contributed by atoms with E-state index in [2.05, 4.69) is 26.2 Å². The van der Waals surface area contributed by atoms with Gasteiger partial charge in [0.25, 0.3) is 0 Å². The number of carbonyl (C=O) groups is 3. The molecule has 4 N–H and O–H groups in total. The lowest BCUT2D eigenvalue weighted by Crippen LogP contribution is -2.57. The van der Waals surface area contributed by atoms with Crippen molar-refractivity contribution in [2.75, 3.05) is 12.8 Å². The van der Waals surface area contributed by atoms with Crippen molar-refractivity contribution in [2.24, 2.45) is 18.9 Å². The van der Waals surface area contributed by atoms with E-state index in [-0.39, 0.29) is 24.5 Å². The van der Waals surface area contributed by atoms with Crippen molar-refractivity contribution >= 4 is 29.5 Å². The Morgan fingerprint density at radius 1 is 1.18 bits per heavy atom. The smallest absolute Gasteiger partial charge is 0.337 e. The molecule has 0 fully saturated rings. The molecule has 0 unspecified atom stereocenters. The number of hydrogen-bond donors (Lipinski definition) is 4. The minimum absolute atomic E-state index is 0.0953. The Morgan fingerprint density at radius 3 is 2.36 bits per heavy atom. The van der Waals surface area contributed by atoms with Crippen molar-refractivity contribution in [3.05, 3.63) is 35.9 Å². The Kier molecular flexibility index (Phi) is 9.35. The van der Waals surface area contributed by atoms with Crippen molar-refractivity contribution in [3.63, 3.8) is 0 Å². The quantitative estimate of drug-likeness (QED) is 0.314. The first kappa shape index (κ1) is 26.3. The van der Waals surface area contributed by atoms with E-state index in [1.54, 1.807) is 7.05 Å². The zero-order valence-corrected chi connectivity index (χ0v) is 19.9. The van der Waals surface area contributed by atoms with Crippen molar-refractivity contribution in [1.82, 2.24) is 30.8 Å². The van der Waals surface area contributed by atoms with Crippen LogP contribution in [-0.4, -0.2) is 72.6 Å². The van der Waals surface area contributed by atoms with E-state index in [1.807, 2.05) is 44.2 Å². The second-order valence-corrected chi connectivity index (χ2v) is 9.09. The first-order chi connectivity index (χ1) is 15.6. The fourth-order valence-corrected chi connectivity index (χ4v) is 4.32. The van der Waals surface area contributed by atoms with Crippen molar-refractivity contribution in [3.8, 4) is 0 Å². The second kappa shape index (κ2) is 11.8. The van der Waals surface area contributed by atoms with Gasteiger partial charge in [0, 0.05) is 26.3 Å². The highest BCUT2D eigenvalue weighted by atomic mass is 32.2. The minimum Gasteiger partial charge on any atom is -0.479 e. The van der Waals surface area contributed by atoms with Crippen LogP contribution in [0.4, 0.5) is 0 Å². The molecule has 2 aromatic rings. The van der Waals surface area contributed by atoms with E-state index in [0.717, 1.165) is 17.3 Å². The first-order valence-electron chi connectivity index (χ1n) is 10.4. The van der Waals surface area contributed by atoms with Crippen LogP contribution in [-0.2, 0) is 27.9 Å². The third-order valence-electron chi connectivity index (χ3n) is 5.14. The molecule has 0 spiro atoms. The zero-order chi connectivity index (χ0) is 24.6. The maximum atomic E-state index is 13.3. The summed E-state index contributed by atoms with van der Waals surface area (Å²) in [7, 11) is 3.04. The van der Waals surface area contributed by atoms with Gasteiger partial charge in [0.2, 0.25) is 17.0 Å². The van der Waals surface area contributed by atoms with Crippen LogP contribution in [0.3, 0.4) is 0 Å². The van der Waals surface area contributed by atoms with E-state index in [4.69, 9.17) is 0 Å². The molecule has 0 saturated heterocycles. The van der Waals surface area contributed by atoms with Gasteiger partial charge in [-0.2, -0.15) is 0 Å². The van der Waals surface area contributed by atoms with Crippen molar-refractivity contribution in [1.29, 1.82) is 0 Å². The monoisotopic (exact) mass is 478 g/mol. The number of carboxylic acid groups (broad SMARTS) is 1. The largest absolute Gasteiger partial charge is 0.479 e. The van der Waals surface area contributed by atoms with E-state index >= 15 is 0 Å². The summed E-state index contributed by atoms with van der Waals surface area (Å²) < 4.78 is 1.34. The lowest BCUT2D eigenvalue weighted by molar-refractivity contribution is -0.166. The molecule has 0 radical (unpaired) electrons. The molecule has 2 rings (SSSR count). The van der Waals surface area contributed by atoms with Gasteiger partial charge in [0.15, 0.2) is 5.60 Å². The van der Waals surface area contributed by atoms with Gasteiger partial charge < -0.3 is 20.8 Å². The highest BCUT2D eigenvalue weighted by Crippen LogP contribution is 2.31.